The fraction of sp³-hybridized carbons (Fsp3) is 0.360. The van der Waals surface area contributed by atoms with Crippen LogP contribution < -0.4 is 0 Å². The third-order valence-electron chi connectivity index (χ3n) is 7.40. The number of Topliss-reactive ketones (excluding diaryl/α,β-unsaturated/α-hetero) is 1. The van der Waals surface area contributed by atoms with Crippen molar-refractivity contribution in [2.45, 2.75) is 32.6 Å². The summed E-state index contributed by atoms with van der Waals surface area (Å²) in [5, 5.41) is 10.3. The SMILES string of the molecule is Cc1cc(C2C3=CCC4C(=O)N(C)C(=O)C4C3CC3=C2C(=O)C=C(Br)C3=O)cc(C)c1O. The minimum absolute atomic E-state index is 0.185. The zero-order valence-corrected chi connectivity index (χ0v) is 19.5. The molecule has 1 aromatic carbocycles. The van der Waals surface area contributed by atoms with Gasteiger partial charge in [-0.05, 0) is 65.2 Å². The molecule has 6 nitrogen and oxygen atoms in total. The van der Waals surface area contributed by atoms with Crippen LogP contribution >= 0.6 is 15.9 Å². The van der Waals surface area contributed by atoms with Crippen LogP contribution in [0.5, 0.6) is 5.75 Å². The summed E-state index contributed by atoms with van der Waals surface area (Å²) in [4.78, 5) is 53.1. The molecule has 2 amide bonds. The highest BCUT2D eigenvalue weighted by Crippen LogP contribution is 2.55. The van der Waals surface area contributed by atoms with E-state index < -0.39 is 17.8 Å². The lowest BCUT2D eigenvalue weighted by molar-refractivity contribution is -0.138. The Morgan fingerprint density at radius 2 is 1.69 bits per heavy atom. The maximum Gasteiger partial charge on any atom is 0.233 e. The van der Waals surface area contributed by atoms with Crippen LogP contribution in [0.2, 0.25) is 0 Å². The largest absolute Gasteiger partial charge is 0.507 e. The van der Waals surface area contributed by atoms with Gasteiger partial charge in [0.1, 0.15) is 5.75 Å². The number of fused-ring (bicyclic) bond motifs is 3. The molecule has 0 spiro atoms. The first kappa shape index (κ1) is 21.1. The van der Waals surface area contributed by atoms with Crippen molar-refractivity contribution in [2.75, 3.05) is 7.05 Å². The number of carbonyl (C=O) groups is 4. The van der Waals surface area contributed by atoms with Crippen molar-refractivity contribution in [3.8, 4) is 5.75 Å². The molecule has 4 aliphatic rings. The van der Waals surface area contributed by atoms with Gasteiger partial charge in [0.2, 0.25) is 11.8 Å². The zero-order valence-electron chi connectivity index (χ0n) is 17.9. The molecule has 0 bridgehead atoms. The van der Waals surface area contributed by atoms with E-state index >= 15 is 0 Å². The second-order valence-corrected chi connectivity index (χ2v) is 9.99. The number of likely N-dealkylation sites (tertiary alicyclic amines) is 1. The van der Waals surface area contributed by atoms with Crippen molar-refractivity contribution in [1.29, 1.82) is 0 Å². The number of halogens is 1. The number of rotatable bonds is 1. The molecule has 164 valence electrons. The zero-order chi connectivity index (χ0) is 23.1. The van der Waals surface area contributed by atoms with Crippen LogP contribution in [-0.2, 0) is 19.2 Å². The van der Waals surface area contributed by atoms with Gasteiger partial charge in [-0.3, -0.25) is 24.1 Å². The highest BCUT2D eigenvalue weighted by molar-refractivity contribution is 9.12. The molecule has 7 heteroatoms. The van der Waals surface area contributed by atoms with E-state index in [4.69, 9.17) is 0 Å². The molecule has 4 unspecified atom stereocenters. The van der Waals surface area contributed by atoms with Crippen molar-refractivity contribution in [3.63, 3.8) is 0 Å². The van der Waals surface area contributed by atoms with Crippen LogP contribution in [0.4, 0.5) is 0 Å². The molecule has 32 heavy (non-hydrogen) atoms. The first-order valence-electron chi connectivity index (χ1n) is 10.6. The van der Waals surface area contributed by atoms with Crippen molar-refractivity contribution < 1.29 is 24.3 Å². The smallest absolute Gasteiger partial charge is 0.233 e. The number of aryl methyl sites for hydroxylation is 2. The average molecular weight is 496 g/mol. The minimum Gasteiger partial charge on any atom is -0.507 e. The summed E-state index contributed by atoms with van der Waals surface area (Å²) in [6, 6.07) is 3.68. The number of ketones is 2. The molecule has 0 saturated carbocycles. The van der Waals surface area contributed by atoms with Gasteiger partial charge in [-0.1, -0.05) is 23.8 Å². The maximum atomic E-state index is 13.2. The van der Waals surface area contributed by atoms with Crippen LogP contribution in [-0.4, -0.2) is 40.4 Å². The fourth-order valence-electron chi connectivity index (χ4n) is 5.90. The lowest BCUT2D eigenvalue weighted by Gasteiger charge is -2.42. The molecule has 0 aromatic heterocycles. The highest BCUT2D eigenvalue weighted by atomic mass is 79.9. The number of phenolic OH excluding ortho intramolecular Hbond substituents is 1. The molecule has 1 aliphatic heterocycles. The van der Waals surface area contributed by atoms with E-state index in [-0.39, 0.29) is 46.0 Å². The number of amides is 2. The normalized spacial score (nSPS) is 29.6. The molecule has 5 rings (SSSR count). The molecule has 1 fully saturated rings. The van der Waals surface area contributed by atoms with E-state index in [9.17, 15) is 24.3 Å². The Morgan fingerprint density at radius 3 is 2.34 bits per heavy atom. The summed E-state index contributed by atoms with van der Waals surface area (Å²) in [5.74, 6) is -2.48. The van der Waals surface area contributed by atoms with Crippen LogP contribution in [0.15, 0.2) is 45.5 Å². The summed E-state index contributed by atoms with van der Waals surface area (Å²) in [6.07, 6.45) is 4.00. The molecular weight excluding hydrogens is 474 g/mol. The van der Waals surface area contributed by atoms with Gasteiger partial charge in [0.15, 0.2) is 11.6 Å². The highest BCUT2D eigenvalue weighted by Gasteiger charge is 2.55. The van der Waals surface area contributed by atoms with Crippen molar-refractivity contribution in [1.82, 2.24) is 4.90 Å². The summed E-state index contributed by atoms with van der Waals surface area (Å²) in [5.41, 5.74) is 3.92. The molecule has 1 aromatic rings. The predicted octanol–water partition coefficient (Wildman–Crippen LogP) is 3.40. The molecular formula is C25H22BrNO5. The quantitative estimate of drug-likeness (QED) is 0.366. The van der Waals surface area contributed by atoms with E-state index in [0.717, 1.165) is 11.1 Å². The number of phenols is 1. The Hall–Kier alpha value is -2.80. The van der Waals surface area contributed by atoms with Crippen molar-refractivity contribution in [3.05, 3.63) is 62.2 Å². The number of hydrogen-bond donors (Lipinski definition) is 1. The second kappa shape index (κ2) is 7.10. The molecule has 1 N–H and O–H groups in total. The topological polar surface area (TPSA) is 91.8 Å². The monoisotopic (exact) mass is 495 g/mol. The van der Waals surface area contributed by atoms with Crippen LogP contribution in [0.1, 0.15) is 35.4 Å². The lowest BCUT2D eigenvalue weighted by Crippen LogP contribution is -2.39. The Kier molecular flexibility index (Phi) is 4.68. The number of allylic oxidation sites excluding steroid dienone is 6. The lowest BCUT2D eigenvalue weighted by atomic mass is 9.59. The van der Waals surface area contributed by atoms with Crippen molar-refractivity contribution >= 4 is 39.3 Å². The Bertz CT molecular complexity index is 1210. The van der Waals surface area contributed by atoms with Gasteiger partial charge in [0.25, 0.3) is 0 Å². The molecule has 4 atom stereocenters. The van der Waals surface area contributed by atoms with Crippen LogP contribution in [0.3, 0.4) is 0 Å². The number of nitrogens with zero attached hydrogens (tertiary/aromatic N) is 1. The molecule has 3 aliphatic carbocycles. The number of benzene rings is 1. The second-order valence-electron chi connectivity index (χ2n) is 9.13. The summed E-state index contributed by atoms with van der Waals surface area (Å²) >= 11 is 3.22. The van der Waals surface area contributed by atoms with Gasteiger partial charge in [-0.2, -0.15) is 0 Å². The van der Waals surface area contributed by atoms with E-state index in [1.54, 1.807) is 13.8 Å². The fourth-order valence-corrected chi connectivity index (χ4v) is 6.35. The average Bonchev–Trinajstić information content (AvgIpc) is 2.98. The number of hydrogen-bond acceptors (Lipinski definition) is 5. The minimum atomic E-state index is -0.532. The van der Waals surface area contributed by atoms with Gasteiger partial charge in [-0.25, -0.2) is 0 Å². The van der Waals surface area contributed by atoms with Gasteiger partial charge in [-0.15, -0.1) is 0 Å². The summed E-state index contributed by atoms with van der Waals surface area (Å²) in [6.45, 7) is 3.59. The third-order valence-corrected chi connectivity index (χ3v) is 7.99. The van der Waals surface area contributed by atoms with Gasteiger partial charge < -0.3 is 5.11 Å². The van der Waals surface area contributed by atoms with E-state index in [2.05, 4.69) is 15.9 Å². The van der Waals surface area contributed by atoms with Gasteiger partial charge in [0.05, 0.1) is 16.3 Å². The Morgan fingerprint density at radius 1 is 1.03 bits per heavy atom. The first-order valence-corrected chi connectivity index (χ1v) is 11.4. The standard InChI is InChI=1S/C25H22BrNO5/c1-10-6-12(7-11(2)22(10)29)19-13-4-5-14-20(25(32)27(3)24(14)31)15(13)8-16-21(19)18(28)9-17(26)23(16)30/h4,6-7,9,14-15,19-20,29H,5,8H2,1-3H3. The van der Waals surface area contributed by atoms with E-state index in [0.29, 0.717) is 28.7 Å². The number of carbonyl (C=O) groups excluding carboxylic acids is 4. The van der Waals surface area contributed by atoms with Gasteiger partial charge >= 0.3 is 0 Å². The van der Waals surface area contributed by atoms with Crippen molar-refractivity contribution in [2.24, 2.45) is 17.8 Å². The van der Waals surface area contributed by atoms with E-state index in [1.807, 2.05) is 18.2 Å². The summed E-state index contributed by atoms with van der Waals surface area (Å²) < 4.78 is 0.212. The Labute approximate surface area is 193 Å². The maximum absolute atomic E-state index is 13.2. The van der Waals surface area contributed by atoms with Gasteiger partial charge in [0, 0.05) is 30.2 Å². The number of aromatic hydroxyl groups is 1. The van der Waals surface area contributed by atoms with Crippen LogP contribution in [0.25, 0.3) is 0 Å². The first-order chi connectivity index (χ1) is 15.1. The molecule has 1 heterocycles. The third kappa shape index (κ3) is 2.76. The predicted molar refractivity (Wildman–Crippen MR) is 120 cm³/mol. The number of imide groups is 1. The summed E-state index contributed by atoms with van der Waals surface area (Å²) in [7, 11) is 1.51. The van der Waals surface area contributed by atoms with E-state index in [1.165, 1.54) is 18.0 Å². The Balaban J connectivity index is 1.74. The molecule has 0 radical (unpaired) electrons. The van der Waals surface area contributed by atoms with Crippen LogP contribution in [0, 0.1) is 31.6 Å². The molecule has 1 saturated heterocycles.